The van der Waals surface area contributed by atoms with Gasteiger partial charge in [-0.2, -0.15) is 0 Å². The van der Waals surface area contributed by atoms with E-state index in [0.29, 0.717) is 5.76 Å². The number of hydrogen-bond donors (Lipinski definition) is 2. The second-order valence-corrected chi connectivity index (χ2v) is 5.23. The third-order valence-corrected chi connectivity index (χ3v) is 3.65. The van der Waals surface area contributed by atoms with E-state index in [9.17, 15) is 5.11 Å². The molecule has 0 spiro atoms. The van der Waals surface area contributed by atoms with E-state index in [1.165, 1.54) is 5.56 Å². The lowest BCUT2D eigenvalue weighted by atomic mass is 9.83. The van der Waals surface area contributed by atoms with Gasteiger partial charge < -0.3 is 10.4 Å². The van der Waals surface area contributed by atoms with Gasteiger partial charge in [-0.15, -0.1) is 0 Å². The topological polar surface area (TPSA) is 32.3 Å². The van der Waals surface area contributed by atoms with E-state index in [1.807, 2.05) is 61.5 Å². The predicted octanol–water partition coefficient (Wildman–Crippen LogP) is 4.01. The first-order valence-corrected chi connectivity index (χ1v) is 6.50. The molecule has 1 unspecified atom stereocenters. The molecule has 0 saturated carbocycles. The van der Waals surface area contributed by atoms with Crippen LogP contribution in [-0.4, -0.2) is 10.6 Å². The third-order valence-electron chi connectivity index (χ3n) is 3.65. The van der Waals surface area contributed by atoms with Crippen LogP contribution < -0.4 is 5.32 Å². The fraction of sp³-hybridized carbons (Fsp3) is 0.176. The number of aliphatic hydroxyl groups excluding tert-OH is 1. The van der Waals surface area contributed by atoms with Gasteiger partial charge in [-0.25, -0.2) is 0 Å². The Morgan fingerprint density at radius 1 is 1.00 bits per heavy atom. The van der Waals surface area contributed by atoms with Crippen molar-refractivity contribution in [3.8, 4) is 0 Å². The highest BCUT2D eigenvalue weighted by Crippen LogP contribution is 2.32. The first kappa shape index (κ1) is 11.8. The molecule has 19 heavy (non-hydrogen) atoms. The summed E-state index contributed by atoms with van der Waals surface area (Å²) >= 11 is 0. The standard InChI is InChI=1S/C17H17NO/c1-17(18-15-9-3-2-4-10-15)12-14-8-6-5-7-13(14)11-16(17)19/h2-11,18-19H,12H2,1H3. The number of fused-ring (bicyclic) bond motifs is 1. The van der Waals surface area contributed by atoms with Gasteiger partial charge in [-0.3, -0.25) is 0 Å². The van der Waals surface area contributed by atoms with Crippen molar-refractivity contribution in [1.82, 2.24) is 0 Å². The minimum atomic E-state index is -0.449. The van der Waals surface area contributed by atoms with Gasteiger partial charge in [0.2, 0.25) is 0 Å². The van der Waals surface area contributed by atoms with Crippen molar-refractivity contribution >= 4 is 11.8 Å². The maximum absolute atomic E-state index is 10.3. The quantitative estimate of drug-likeness (QED) is 0.845. The smallest absolute Gasteiger partial charge is 0.118 e. The summed E-state index contributed by atoms with van der Waals surface area (Å²) in [6.07, 6.45) is 2.63. The monoisotopic (exact) mass is 251 g/mol. The number of nitrogens with one attached hydrogen (secondary N) is 1. The van der Waals surface area contributed by atoms with Gasteiger partial charge in [0, 0.05) is 12.1 Å². The van der Waals surface area contributed by atoms with Crippen molar-refractivity contribution in [3.05, 3.63) is 71.5 Å². The molecule has 0 amide bonds. The zero-order chi connectivity index (χ0) is 13.3. The van der Waals surface area contributed by atoms with Crippen LogP contribution in [0.3, 0.4) is 0 Å². The number of rotatable bonds is 2. The Balaban J connectivity index is 1.94. The molecule has 0 heterocycles. The Bertz CT molecular complexity index is 618. The van der Waals surface area contributed by atoms with Crippen molar-refractivity contribution in [2.24, 2.45) is 0 Å². The normalized spacial score (nSPS) is 21.4. The van der Waals surface area contributed by atoms with Crippen LogP contribution >= 0.6 is 0 Å². The van der Waals surface area contributed by atoms with Crippen LogP contribution in [0.4, 0.5) is 5.69 Å². The van der Waals surface area contributed by atoms with Gasteiger partial charge in [-0.1, -0.05) is 42.5 Å². The third kappa shape index (κ3) is 2.22. The van der Waals surface area contributed by atoms with E-state index in [2.05, 4.69) is 11.4 Å². The molecule has 1 aliphatic carbocycles. The van der Waals surface area contributed by atoms with E-state index < -0.39 is 5.54 Å². The summed E-state index contributed by atoms with van der Waals surface area (Å²) < 4.78 is 0. The lowest BCUT2D eigenvalue weighted by Gasteiger charge is -2.35. The highest BCUT2D eigenvalue weighted by atomic mass is 16.3. The van der Waals surface area contributed by atoms with Crippen LogP contribution in [0, 0.1) is 0 Å². The van der Waals surface area contributed by atoms with Crippen molar-refractivity contribution in [3.63, 3.8) is 0 Å². The van der Waals surface area contributed by atoms with Gasteiger partial charge in [0.15, 0.2) is 0 Å². The number of aliphatic hydroxyl groups is 1. The van der Waals surface area contributed by atoms with Crippen LogP contribution in [0.5, 0.6) is 0 Å². The first-order chi connectivity index (χ1) is 9.17. The lowest BCUT2D eigenvalue weighted by Crippen LogP contribution is -2.41. The van der Waals surface area contributed by atoms with Crippen LogP contribution in [0.2, 0.25) is 0 Å². The molecule has 1 atom stereocenters. The molecule has 0 aliphatic heterocycles. The summed E-state index contributed by atoms with van der Waals surface area (Å²) in [4.78, 5) is 0. The van der Waals surface area contributed by atoms with Crippen LogP contribution in [0.25, 0.3) is 6.08 Å². The Hall–Kier alpha value is -2.22. The molecular formula is C17H17NO. The Labute approximate surface area is 113 Å². The number of para-hydroxylation sites is 1. The number of hydrogen-bond acceptors (Lipinski definition) is 2. The Morgan fingerprint density at radius 2 is 1.68 bits per heavy atom. The van der Waals surface area contributed by atoms with E-state index in [-0.39, 0.29) is 0 Å². The molecule has 96 valence electrons. The molecule has 2 aromatic carbocycles. The first-order valence-electron chi connectivity index (χ1n) is 6.50. The molecule has 2 nitrogen and oxygen atoms in total. The fourth-order valence-electron chi connectivity index (χ4n) is 2.56. The average molecular weight is 251 g/mol. The van der Waals surface area contributed by atoms with Gasteiger partial charge in [-0.05, 0) is 36.3 Å². The highest BCUT2D eigenvalue weighted by Gasteiger charge is 2.33. The SMILES string of the molecule is CC1(Nc2ccccc2)Cc2ccccc2C=C1O. The second-order valence-electron chi connectivity index (χ2n) is 5.23. The summed E-state index contributed by atoms with van der Waals surface area (Å²) in [5, 5.41) is 13.8. The van der Waals surface area contributed by atoms with Crippen molar-refractivity contribution in [1.29, 1.82) is 0 Å². The molecule has 0 radical (unpaired) electrons. The highest BCUT2D eigenvalue weighted by molar-refractivity contribution is 5.63. The molecule has 0 bridgehead atoms. The number of benzene rings is 2. The summed E-state index contributed by atoms with van der Waals surface area (Å²) in [5.41, 5.74) is 2.93. The second kappa shape index (κ2) is 4.47. The van der Waals surface area contributed by atoms with E-state index in [4.69, 9.17) is 0 Å². The van der Waals surface area contributed by atoms with E-state index >= 15 is 0 Å². The molecule has 3 rings (SSSR count). The fourth-order valence-corrected chi connectivity index (χ4v) is 2.56. The molecule has 0 fully saturated rings. The van der Waals surface area contributed by atoms with Gasteiger partial charge in [0.25, 0.3) is 0 Å². The van der Waals surface area contributed by atoms with E-state index in [0.717, 1.165) is 17.7 Å². The minimum absolute atomic E-state index is 0.384. The Kier molecular flexibility index (Phi) is 2.79. The van der Waals surface area contributed by atoms with E-state index in [1.54, 1.807) is 0 Å². The summed E-state index contributed by atoms with van der Waals surface area (Å²) in [7, 11) is 0. The van der Waals surface area contributed by atoms with Crippen molar-refractivity contribution in [2.75, 3.05) is 5.32 Å². The molecule has 0 aromatic heterocycles. The van der Waals surface area contributed by atoms with Crippen molar-refractivity contribution < 1.29 is 5.11 Å². The van der Waals surface area contributed by atoms with Crippen LogP contribution in [0.1, 0.15) is 18.1 Å². The molecule has 0 saturated heterocycles. The summed E-state index contributed by atoms with van der Waals surface area (Å²) in [6.45, 7) is 2.03. The largest absolute Gasteiger partial charge is 0.510 e. The average Bonchev–Trinajstić information content (AvgIpc) is 2.41. The molecular weight excluding hydrogens is 234 g/mol. The molecule has 2 aromatic rings. The molecule has 2 N–H and O–H groups in total. The predicted molar refractivity (Wildman–Crippen MR) is 79.2 cm³/mol. The van der Waals surface area contributed by atoms with Crippen LogP contribution in [-0.2, 0) is 6.42 Å². The van der Waals surface area contributed by atoms with Gasteiger partial charge >= 0.3 is 0 Å². The minimum Gasteiger partial charge on any atom is -0.510 e. The Morgan fingerprint density at radius 3 is 2.47 bits per heavy atom. The van der Waals surface area contributed by atoms with Crippen LogP contribution in [0.15, 0.2) is 60.4 Å². The van der Waals surface area contributed by atoms with Gasteiger partial charge in [0.1, 0.15) is 5.76 Å². The van der Waals surface area contributed by atoms with Gasteiger partial charge in [0.05, 0.1) is 5.54 Å². The number of anilines is 1. The maximum atomic E-state index is 10.3. The maximum Gasteiger partial charge on any atom is 0.118 e. The molecule has 2 heteroatoms. The summed E-state index contributed by atoms with van der Waals surface area (Å²) in [5.74, 6) is 0.384. The zero-order valence-electron chi connectivity index (χ0n) is 10.9. The summed E-state index contributed by atoms with van der Waals surface area (Å²) in [6, 6.07) is 18.2. The lowest BCUT2D eigenvalue weighted by molar-refractivity contribution is 0.324. The van der Waals surface area contributed by atoms with Crippen molar-refractivity contribution in [2.45, 2.75) is 18.9 Å². The zero-order valence-corrected chi connectivity index (χ0v) is 10.9. The molecule has 1 aliphatic rings.